The van der Waals surface area contributed by atoms with Crippen LogP contribution in [-0.4, -0.2) is 10.8 Å². The van der Waals surface area contributed by atoms with Gasteiger partial charge in [-0.1, -0.05) is 15.9 Å². The number of carbonyl (C=O) groups excluding carboxylic acids is 1. The average Bonchev–Trinajstić information content (AvgIpc) is 2.37. The van der Waals surface area contributed by atoms with E-state index in [9.17, 15) is 19.3 Å². The number of nitro benzene ring substituents is 1. The quantitative estimate of drug-likeness (QED) is 0.668. The number of aryl methyl sites for hydroxylation is 1. The highest BCUT2D eigenvalue weighted by atomic mass is 79.9. The minimum atomic E-state index is -0.679. The van der Waals surface area contributed by atoms with Gasteiger partial charge in [-0.05, 0) is 36.8 Å². The Bertz CT molecular complexity index is 714. The van der Waals surface area contributed by atoms with E-state index >= 15 is 0 Å². The highest BCUT2D eigenvalue weighted by Gasteiger charge is 2.17. The lowest BCUT2D eigenvalue weighted by molar-refractivity contribution is -0.384. The Labute approximate surface area is 128 Å². The molecule has 2 aromatic rings. The fourth-order valence-electron chi connectivity index (χ4n) is 1.83. The molecule has 0 aromatic heterocycles. The first-order valence-electron chi connectivity index (χ1n) is 5.89. The molecule has 0 spiro atoms. The predicted octanol–water partition coefficient (Wildman–Crippen LogP) is 4.06. The van der Waals surface area contributed by atoms with Crippen LogP contribution >= 0.6 is 15.9 Å². The lowest BCUT2D eigenvalue weighted by atomic mass is 10.1. The van der Waals surface area contributed by atoms with Gasteiger partial charge in [0.2, 0.25) is 0 Å². The molecule has 0 unspecified atom stereocenters. The van der Waals surface area contributed by atoms with E-state index in [4.69, 9.17) is 0 Å². The first kappa shape index (κ1) is 15.1. The SMILES string of the molecule is Cc1cc(Br)cc(C(=O)Nc2cc(F)ccc2[N+](=O)[O-])c1. The highest BCUT2D eigenvalue weighted by Crippen LogP contribution is 2.26. The number of rotatable bonds is 3. The number of hydrogen-bond donors (Lipinski definition) is 1. The number of amides is 1. The number of anilines is 1. The van der Waals surface area contributed by atoms with Gasteiger partial charge in [-0.2, -0.15) is 0 Å². The van der Waals surface area contributed by atoms with Gasteiger partial charge >= 0.3 is 0 Å². The van der Waals surface area contributed by atoms with Crippen molar-refractivity contribution in [2.45, 2.75) is 6.92 Å². The maximum atomic E-state index is 13.2. The van der Waals surface area contributed by atoms with E-state index < -0.39 is 16.6 Å². The van der Waals surface area contributed by atoms with Crippen LogP contribution in [0.4, 0.5) is 15.8 Å². The van der Waals surface area contributed by atoms with E-state index in [-0.39, 0.29) is 11.4 Å². The Morgan fingerprint density at radius 2 is 2.00 bits per heavy atom. The van der Waals surface area contributed by atoms with Crippen molar-refractivity contribution in [2.24, 2.45) is 0 Å². The Kier molecular flexibility index (Phi) is 4.32. The van der Waals surface area contributed by atoms with Crippen molar-refractivity contribution in [1.29, 1.82) is 0 Å². The lowest BCUT2D eigenvalue weighted by Gasteiger charge is -2.07. The van der Waals surface area contributed by atoms with Gasteiger partial charge < -0.3 is 5.32 Å². The maximum Gasteiger partial charge on any atom is 0.292 e. The fraction of sp³-hybridized carbons (Fsp3) is 0.0714. The third-order valence-corrected chi connectivity index (χ3v) is 3.17. The summed E-state index contributed by atoms with van der Waals surface area (Å²) < 4.78 is 13.9. The van der Waals surface area contributed by atoms with Crippen LogP contribution in [0.25, 0.3) is 0 Å². The Balaban J connectivity index is 2.35. The van der Waals surface area contributed by atoms with Gasteiger partial charge in [0.1, 0.15) is 11.5 Å². The van der Waals surface area contributed by atoms with Crippen LogP contribution in [-0.2, 0) is 0 Å². The monoisotopic (exact) mass is 352 g/mol. The largest absolute Gasteiger partial charge is 0.316 e. The second-order valence-corrected chi connectivity index (χ2v) is 5.31. The minimum absolute atomic E-state index is 0.178. The molecule has 0 radical (unpaired) electrons. The van der Waals surface area contributed by atoms with E-state index in [1.807, 2.05) is 13.0 Å². The molecule has 21 heavy (non-hydrogen) atoms. The van der Waals surface area contributed by atoms with Gasteiger partial charge in [0, 0.05) is 22.2 Å². The second kappa shape index (κ2) is 6.01. The standard InChI is InChI=1S/C14H10BrFN2O3/c1-8-4-9(6-10(15)5-8)14(19)17-12-7-11(16)2-3-13(12)18(20)21/h2-7H,1H3,(H,17,19). The van der Waals surface area contributed by atoms with Crippen molar-refractivity contribution >= 4 is 33.2 Å². The zero-order valence-electron chi connectivity index (χ0n) is 10.9. The smallest absolute Gasteiger partial charge is 0.292 e. The summed E-state index contributed by atoms with van der Waals surface area (Å²) in [6.45, 7) is 1.81. The Morgan fingerprint density at radius 1 is 1.29 bits per heavy atom. The Morgan fingerprint density at radius 3 is 2.62 bits per heavy atom. The number of benzene rings is 2. The molecule has 0 aliphatic rings. The van der Waals surface area contributed by atoms with Gasteiger partial charge in [-0.25, -0.2) is 4.39 Å². The fourth-order valence-corrected chi connectivity index (χ4v) is 2.44. The summed E-state index contributed by atoms with van der Waals surface area (Å²) in [7, 11) is 0. The van der Waals surface area contributed by atoms with Crippen LogP contribution in [0.2, 0.25) is 0 Å². The van der Waals surface area contributed by atoms with Crippen molar-refractivity contribution in [1.82, 2.24) is 0 Å². The summed E-state index contributed by atoms with van der Waals surface area (Å²) in [5.41, 5.74) is 0.628. The van der Waals surface area contributed by atoms with E-state index in [1.165, 1.54) is 0 Å². The lowest BCUT2D eigenvalue weighted by Crippen LogP contribution is -2.13. The zero-order valence-corrected chi connectivity index (χ0v) is 12.5. The second-order valence-electron chi connectivity index (χ2n) is 4.39. The Hall–Kier alpha value is -2.28. The van der Waals surface area contributed by atoms with Crippen molar-refractivity contribution in [3.8, 4) is 0 Å². The number of halogens is 2. The number of nitrogens with one attached hydrogen (secondary N) is 1. The summed E-state index contributed by atoms with van der Waals surface area (Å²) >= 11 is 3.27. The normalized spacial score (nSPS) is 10.2. The molecule has 0 aliphatic heterocycles. The molecule has 0 aliphatic carbocycles. The van der Waals surface area contributed by atoms with Crippen molar-refractivity contribution in [3.05, 3.63) is 67.9 Å². The van der Waals surface area contributed by atoms with Gasteiger partial charge in [0.05, 0.1) is 4.92 Å². The van der Waals surface area contributed by atoms with Gasteiger partial charge in [0.25, 0.3) is 11.6 Å². The summed E-state index contributed by atoms with van der Waals surface area (Å²) in [6, 6.07) is 7.93. The van der Waals surface area contributed by atoms with Gasteiger partial charge in [-0.3, -0.25) is 14.9 Å². The molecular formula is C14H10BrFN2O3. The molecule has 0 saturated carbocycles. The molecular weight excluding hydrogens is 343 g/mol. The van der Waals surface area contributed by atoms with E-state index in [0.29, 0.717) is 10.0 Å². The van der Waals surface area contributed by atoms with E-state index in [0.717, 1.165) is 23.8 Å². The summed E-state index contributed by atoms with van der Waals surface area (Å²) in [5, 5.41) is 13.2. The summed E-state index contributed by atoms with van der Waals surface area (Å²) in [4.78, 5) is 22.3. The highest BCUT2D eigenvalue weighted by molar-refractivity contribution is 9.10. The third kappa shape index (κ3) is 3.63. The number of hydrogen-bond acceptors (Lipinski definition) is 3. The van der Waals surface area contributed by atoms with Crippen LogP contribution in [0, 0.1) is 22.9 Å². The number of carbonyl (C=O) groups is 1. The minimum Gasteiger partial charge on any atom is -0.316 e. The first-order valence-corrected chi connectivity index (χ1v) is 6.68. The van der Waals surface area contributed by atoms with Crippen molar-refractivity contribution in [3.63, 3.8) is 0 Å². The topological polar surface area (TPSA) is 72.2 Å². The van der Waals surface area contributed by atoms with Crippen molar-refractivity contribution in [2.75, 3.05) is 5.32 Å². The summed E-state index contributed by atoms with van der Waals surface area (Å²) in [6.07, 6.45) is 0. The van der Waals surface area contributed by atoms with Crippen LogP contribution < -0.4 is 5.32 Å². The molecule has 2 rings (SSSR count). The molecule has 0 heterocycles. The number of nitrogens with zero attached hydrogens (tertiary/aromatic N) is 1. The van der Waals surface area contributed by atoms with Crippen LogP contribution in [0.3, 0.4) is 0 Å². The summed E-state index contributed by atoms with van der Waals surface area (Å²) in [5.74, 6) is -1.21. The van der Waals surface area contributed by atoms with Crippen LogP contribution in [0.15, 0.2) is 40.9 Å². The van der Waals surface area contributed by atoms with Gasteiger partial charge in [-0.15, -0.1) is 0 Å². The molecule has 7 heteroatoms. The molecule has 2 aromatic carbocycles. The maximum absolute atomic E-state index is 13.2. The molecule has 5 nitrogen and oxygen atoms in total. The molecule has 1 amide bonds. The van der Waals surface area contributed by atoms with Crippen LogP contribution in [0.5, 0.6) is 0 Å². The van der Waals surface area contributed by atoms with Gasteiger partial charge in [0.15, 0.2) is 0 Å². The molecule has 0 saturated heterocycles. The zero-order chi connectivity index (χ0) is 15.6. The number of nitro groups is 1. The van der Waals surface area contributed by atoms with Crippen molar-refractivity contribution < 1.29 is 14.1 Å². The van der Waals surface area contributed by atoms with Crippen LogP contribution in [0.1, 0.15) is 15.9 Å². The molecule has 0 atom stereocenters. The predicted molar refractivity (Wildman–Crippen MR) is 79.9 cm³/mol. The molecule has 1 N–H and O–H groups in total. The van der Waals surface area contributed by atoms with E-state index in [2.05, 4.69) is 21.2 Å². The third-order valence-electron chi connectivity index (χ3n) is 2.71. The first-order chi connectivity index (χ1) is 9.86. The molecule has 108 valence electrons. The molecule has 0 bridgehead atoms. The van der Waals surface area contributed by atoms with E-state index in [1.54, 1.807) is 12.1 Å². The molecule has 0 fully saturated rings. The average molecular weight is 353 g/mol.